The summed E-state index contributed by atoms with van der Waals surface area (Å²) in [6.45, 7) is 11.3. The van der Waals surface area contributed by atoms with E-state index in [-0.39, 0.29) is 37.0 Å². The number of rotatable bonds is 44. The van der Waals surface area contributed by atoms with Gasteiger partial charge < -0.3 is 77.9 Å². The number of carbonyl (C=O) groups is 3. The maximum atomic E-state index is 12.0. The Morgan fingerprint density at radius 2 is 0.895 bits per heavy atom. The van der Waals surface area contributed by atoms with Crippen molar-refractivity contribution in [3.8, 4) is 0 Å². The van der Waals surface area contributed by atoms with E-state index in [1.165, 1.54) is 0 Å². The van der Waals surface area contributed by atoms with Gasteiger partial charge in [-0.05, 0) is 12.8 Å². The minimum absolute atomic E-state index is 0.00775. The maximum absolute atomic E-state index is 12.0. The number of nitrogens with one attached hydrogen (secondary N) is 3. The van der Waals surface area contributed by atoms with Gasteiger partial charge in [0.15, 0.2) is 0 Å². The zero-order valence-electron chi connectivity index (χ0n) is 33.6. The van der Waals surface area contributed by atoms with Crippen LogP contribution in [0.1, 0.15) is 32.1 Å². The molecule has 57 heavy (non-hydrogen) atoms. The van der Waals surface area contributed by atoms with Gasteiger partial charge in [0, 0.05) is 24.0 Å². The Hall–Kier alpha value is -1.92. The van der Waals surface area contributed by atoms with Gasteiger partial charge >= 0.3 is 12.0 Å². The molecule has 0 unspecified atom stereocenters. The lowest BCUT2D eigenvalue weighted by Gasteiger charge is -2.16. The molecule has 2 rings (SSSR count). The fourth-order valence-corrected chi connectivity index (χ4v) is 6.85. The van der Waals surface area contributed by atoms with Crippen molar-refractivity contribution in [1.29, 1.82) is 0 Å². The number of unbranched alkanes of at least 4 members (excludes halogenated alkanes) is 1. The fourth-order valence-electron chi connectivity index (χ4n) is 5.31. The van der Waals surface area contributed by atoms with Crippen molar-refractivity contribution in [2.24, 2.45) is 0 Å². The van der Waals surface area contributed by atoms with E-state index in [2.05, 4.69) is 16.0 Å². The standard InChI is InChI=1S/C37H69N3O16S/c41-34(4-2-1-3-33-36-32(31-57-33)39-37(44)40-36)38-6-8-46-10-12-48-14-16-50-18-20-52-22-24-54-26-28-56-30-29-55-27-25-53-23-21-51-19-17-49-15-13-47-11-9-45-7-5-35(42)43/h32-33,36H,1-31H2,(H,38,41)(H,42,43)(H2,39,40,44)/t32-,33+,36-/m1/s1. The highest BCUT2D eigenvalue weighted by Crippen LogP contribution is 2.33. The van der Waals surface area contributed by atoms with Crippen LogP contribution in [0.3, 0.4) is 0 Å². The monoisotopic (exact) mass is 843 g/mol. The van der Waals surface area contributed by atoms with Gasteiger partial charge in [-0.25, -0.2) is 4.79 Å². The summed E-state index contributed by atoms with van der Waals surface area (Å²) >= 11 is 1.90. The third kappa shape index (κ3) is 31.6. The largest absolute Gasteiger partial charge is 0.481 e. The van der Waals surface area contributed by atoms with Crippen molar-refractivity contribution in [3.05, 3.63) is 0 Å². The smallest absolute Gasteiger partial charge is 0.315 e. The first-order chi connectivity index (χ1) is 28.1. The van der Waals surface area contributed by atoms with E-state index in [1.807, 2.05) is 11.8 Å². The van der Waals surface area contributed by atoms with Crippen LogP contribution in [0.15, 0.2) is 0 Å². The molecule has 0 aromatic carbocycles. The molecule has 0 aromatic heterocycles. The molecule has 0 bridgehead atoms. The van der Waals surface area contributed by atoms with Crippen molar-refractivity contribution in [1.82, 2.24) is 16.0 Å². The summed E-state index contributed by atoms with van der Waals surface area (Å²) in [7, 11) is 0. The molecular weight excluding hydrogens is 774 g/mol. The molecule has 2 saturated heterocycles. The van der Waals surface area contributed by atoms with Gasteiger partial charge in [-0.15, -0.1) is 0 Å². The van der Waals surface area contributed by atoms with Crippen molar-refractivity contribution in [2.45, 2.75) is 49.4 Å². The highest BCUT2D eigenvalue weighted by Gasteiger charge is 2.42. The van der Waals surface area contributed by atoms with Crippen LogP contribution in [-0.4, -0.2) is 211 Å². The predicted octanol–water partition coefficient (Wildman–Crippen LogP) is 0.502. The van der Waals surface area contributed by atoms with Gasteiger partial charge in [0.1, 0.15) is 0 Å². The van der Waals surface area contributed by atoms with Crippen molar-refractivity contribution in [2.75, 3.05) is 171 Å². The van der Waals surface area contributed by atoms with Crippen LogP contribution in [-0.2, 0) is 66.4 Å². The van der Waals surface area contributed by atoms with E-state index in [9.17, 15) is 14.4 Å². The number of aliphatic carboxylic acids is 1. The topological polar surface area (TPSA) is 218 Å². The molecule has 2 aliphatic rings. The molecule has 19 nitrogen and oxygen atoms in total. The summed E-state index contributed by atoms with van der Waals surface area (Å²) in [6, 6.07) is 0.395. The number of carboxylic acids is 1. The summed E-state index contributed by atoms with van der Waals surface area (Å²) in [5.41, 5.74) is 0. The Morgan fingerprint density at radius 1 is 0.526 bits per heavy atom. The molecule has 0 spiro atoms. The maximum Gasteiger partial charge on any atom is 0.315 e. The Morgan fingerprint density at radius 3 is 1.28 bits per heavy atom. The molecular formula is C37H69N3O16S. The predicted molar refractivity (Wildman–Crippen MR) is 209 cm³/mol. The SMILES string of the molecule is O=C(O)CCOCCOCCOCCOCCOCCOCCOCCOCCOCCOCCOCCOCCNC(=O)CCCC[C@@H]1SC[C@H]2NC(=O)N[C@@H]12. The van der Waals surface area contributed by atoms with Crippen molar-refractivity contribution in [3.63, 3.8) is 0 Å². The molecule has 3 amide bonds. The number of urea groups is 1. The Bertz CT molecular complexity index is 978. The fraction of sp³-hybridized carbons (Fsp3) is 0.919. The second-order valence-electron chi connectivity index (χ2n) is 12.7. The third-order valence-corrected chi connectivity index (χ3v) is 9.71. The van der Waals surface area contributed by atoms with Gasteiger partial charge in [0.25, 0.3) is 0 Å². The molecule has 2 fully saturated rings. The Labute approximate surface area is 341 Å². The zero-order valence-corrected chi connectivity index (χ0v) is 34.4. The lowest BCUT2D eigenvalue weighted by atomic mass is 10.0. The highest BCUT2D eigenvalue weighted by atomic mass is 32.2. The van der Waals surface area contributed by atoms with E-state index in [1.54, 1.807) is 0 Å². The molecule has 0 saturated carbocycles. The molecule has 2 aliphatic heterocycles. The second kappa shape index (κ2) is 38.3. The van der Waals surface area contributed by atoms with Crippen LogP contribution < -0.4 is 16.0 Å². The van der Waals surface area contributed by atoms with Crippen molar-refractivity contribution >= 4 is 29.7 Å². The number of thioether (sulfide) groups is 1. The van der Waals surface area contributed by atoms with Crippen LogP contribution in [0.2, 0.25) is 0 Å². The van der Waals surface area contributed by atoms with E-state index in [0.29, 0.717) is 170 Å². The number of carboxylic acid groups (broad SMARTS) is 1. The first-order valence-electron chi connectivity index (χ1n) is 20.2. The number of ether oxygens (including phenoxy) is 12. The minimum atomic E-state index is -0.878. The van der Waals surface area contributed by atoms with Gasteiger partial charge in [0.2, 0.25) is 5.91 Å². The van der Waals surface area contributed by atoms with Crippen LogP contribution in [0, 0.1) is 0 Å². The van der Waals surface area contributed by atoms with E-state index >= 15 is 0 Å². The number of hydrogen-bond acceptors (Lipinski definition) is 16. The summed E-state index contributed by atoms with van der Waals surface area (Å²) in [5, 5.41) is 17.8. The average Bonchev–Trinajstić information content (AvgIpc) is 3.76. The minimum Gasteiger partial charge on any atom is -0.481 e. The molecule has 334 valence electrons. The number of amides is 3. The number of carbonyl (C=O) groups excluding carboxylic acids is 2. The third-order valence-electron chi connectivity index (χ3n) is 8.20. The lowest BCUT2D eigenvalue weighted by Crippen LogP contribution is -2.36. The van der Waals surface area contributed by atoms with Gasteiger partial charge in [-0.1, -0.05) is 6.42 Å². The summed E-state index contributed by atoms with van der Waals surface area (Å²) in [4.78, 5) is 33.9. The van der Waals surface area contributed by atoms with Crippen LogP contribution in [0.5, 0.6) is 0 Å². The van der Waals surface area contributed by atoms with Crippen LogP contribution in [0.25, 0.3) is 0 Å². The van der Waals surface area contributed by atoms with Gasteiger partial charge in [-0.2, -0.15) is 11.8 Å². The molecule has 4 N–H and O–H groups in total. The van der Waals surface area contributed by atoms with E-state index in [4.69, 9.17) is 61.9 Å². The van der Waals surface area contributed by atoms with E-state index < -0.39 is 5.97 Å². The first-order valence-corrected chi connectivity index (χ1v) is 21.2. The first kappa shape index (κ1) is 51.2. The molecule has 2 heterocycles. The van der Waals surface area contributed by atoms with Crippen molar-refractivity contribution < 1.29 is 76.3 Å². The summed E-state index contributed by atoms with van der Waals surface area (Å²) in [6.07, 6.45) is 3.31. The van der Waals surface area contributed by atoms with Crippen LogP contribution >= 0.6 is 11.8 Å². The molecule has 0 radical (unpaired) electrons. The normalized spacial score (nSPS) is 17.5. The quantitative estimate of drug-likeness (QED) is 0.0485. The van der Waals surface area contributed by atoms with Crippen LogP contribution in [0.4, 0.5) is 4.79 Å². The average molecular weight is 844 g/mol. The Balaban J connectivity index is 1.14. The summed E-state index contributed by atoms with van der Waals surface area (Å²) in [5.74, 6) is 0.115. The molecule has 3 atom stereocenters. The second-order valence-corrected chi connectivity index (χ2v) is 14.0. The highest BCUT2D eigenvalue weighted by molar-refractivity contribution is 8.00. The molecule has 20 heteroatoms. The van der Waals surface area contributed by atoms with Gasteiger partial charge in [0.05, 0.1) is 177 Å². The molecule has 0 aromatic rings. The zero-order chi connectivity index (χ0) is 40.7. The molecule has 0 aliphatic carbocycles. The number of fused-ring (bicyclic) bond motifs is 1. The van der Waals surface area contributed by atoms with Gasteiger partial charge in [-0.3, -0.25) is 9.59 Å². The Kier molecular flexibility index (Phi) is 34.4. The number of hydrogen-bond donors (Lipinski definition) is 4. The van der Waals surface area contributed by atoms with E-state index in [0.717, 1.165) is 25.0 Å². The lowest BCUT2D eigenvalue weighted by molar-refractivity contribution is -0.138. The summed E-state index contributed by atoms with van der Waals surface area (Å²) < 4.78 is 65.2.